The summed E-state index contributed by atoms with van der Waals surface area (Å²) in [5.74, 6) is -0.520. The summed E-state index contributed by atoms with van der Waals surface area (Å²) in [6.45, 7) is 2.25. The lowest BCUT2D eigenvalue weighted by molar-refractivity contribution is 0.100. The average Bonchev–Trinajstić information content (AvgIpc) is 3.16. The number of rotatable bonds is 14. The second-order valence-corrected chi connectivity index (χ2v) is 10.1. The molecule has 0 spiro atoms. The summed E-state index contributed by atoms with van der Waals surface area (Å²) in [5, 5.41) is 7.17. The Morgan fingerprint density at radius 2 is 1.41 bits per heavy atom. The van der Waals surface area contributed by atoms with Crippen molar-refractivity contribution in [1.29, 1.82) is 0 Å². The number of amides is 1. The maximum absolute atomic E-state index is 12.7. The van der Waals surface area contributed by atoms with Gasteiger partial charge < -0.3 is 0 Å². The minimum atomic E-state index is -3.79. The summed E-state index contributed by atoms with van der Waals surface area (Å²) in [7, 11) is -3.79. The van der Waals surface area contributed by atoms with E-state index in [1.807, 2.05) is 12.1 Å². The molecule has 1 heterocycles. The topological polar surface area (TPSA) is 88.0 Å². The van der Waals surface area contributed by atoms with Crippen molar-refractivity contribution in [3.05, 3.63) is 53.6 Å². The molecular weight excluding hydrogens is 422 g/mol. The highest BCUT2D eigenvalue weighted by Crippen LogP contribution is 2.29. The molecule has 0 bridgehead atoms. The van der Waals surface area contributed by atoms with Crippen LogP contribution < -0.4 is 4.72 Å². The minimum Gasteiger partial charge on any atom is -0.280 e. The van der Waals surface area contributed by atoms with E-state index in [9.17, 15) is 13.2 Å². The summed E-state index contributed by atoms with van der Waals surface area (Å²) in [5.41, 5.74) is 2.31. The van der Waals surface area contributed by atoms with Gasteiger partial charge in [0.15, 0.2) is 0 Å². The molecule has 6 nitrogen and oxygen atoms in total. The molecule has 0 saturated carbocycles. The highest BCUT2D eigenvalue weighted by atomic mass is 32.2. The van der Waals surface area contributed by atoms with Crippen molar-refractivity contribution >= 4 is 27.3 Å². The number of carbonyl (C=O) groups excluding carboxylic acids is 1. The van der Waals surface area contributed by atoms with Crippen molar-refractivity contribution in [2.45, 2.75) is 82.4 Å². The molecule has 2 aromatic rings. The molecule has 1 amide bonds. The van der Waals surface area contributed by atoms with Gasteiger partial charge in [0.05, 0.1) is 16.1 Å². The fraction of sp³-hybridized carbons (Fsp3) is 0.480. The zero-order chi connectivity index (χ0) is 22.8. The Balaban J connectivity index is 1.40. The van der Waals surface area contributed by atoms with E-state index in [2.05, 4.69) is 21.9 Å². The number of sulfonamides is 1. The Labute approximate surface area is 191 Å². The largest absolute Gasteiger partial charge is 0.297 e. The van der Waals surface area contributed by atoms with E-state index in [1.165, 1.54) is 81.5 Å². The third-order valence-corrected chi connectivity index (χ3v) is 7.16. The molecule has 0 aliphatic carbocycles. The van der Waals surface area contributed by atoms with E-state index in [0.29, 0.717) is 11.4 Å². The van der Waals surface area contributed by atoms with Gasteiger partial charge in [-0.1, -0.05) is 76.8 Å². The van der Waals surface area contributed by atoms with Crippen LogP contribution >= 0.6 is 0 Å². The molecule has 0 radical (unpaired) electrons. The highest BCUT2D eigenvalue weighted by Gasteiger charge is 2.22. The second kappa shape index (κ2) is 11.9. The molecule has 0 atom stereocenters. The van der Waals surface area contributed by atoms with Crippen LogP contribution in [0.15, 0.2) is 57.6 Å². The van der Waals surface area contributed by atoms with Crippen molar-refractivity contribution in [2.24, 2.45) is 10.2 Å². The van der Waals surface area contributed by atoms with Gasteiger partial charge in [0.25, 0.3) is 15.9 Å². The minimum absolute atomic E-state index is 0.0198. The van der Waals surface area contributed by atoms with Crippen molar-refractivity contribution in [3.8, 4) is 0 Å². The lowest BCUT2D eigenvalue weighted by atomic mass is 10.0. The number of anilines is 1. The predicted octanol–water partition coefficient (Wildman–Crippen LogP) is 7.19. The SMILES string of the molecule is CCCCCCCCCCCCc1ccc(NS(=O)(=O)c2ccc3c(c2)C(=O)N=N3)cc1. The van der Waals surface area contributed by atoms with Crippen LogP contribution in [0.25, 0.3) is 0 Å². The van der Waals surface area contributed by atoms with E-state index in [4.69, 9.17) is 0 Å². The van der Waals surface area contributed by atoms with Crippen LogP contribution in [0.1, 0.15) is 87.1 Å². The van der Waals surface area contributed by atoms with Gasteiger partial charge in [-0.25, -0.2) is 8.42 Å². The molecule has 0 unspecified atom stereocenters. The van der Waals surface area contributed by atoms with Gasteiger partial charge in [0.2, 0.25) is 0 Å². The third kappa shape index (κ3) is 6.99. The number of hydrogen-bond donors (Lipinski definition) is 1. The Morgan fingerprint density at radius 1 is 0.781 bits per heavy atom. The molecule has 0 aromatic heterocycles. The Kier molecular flexibility index (Phi) is 8.97. The first kappa shape index (κ1) is 24.1. The Morgan fingerprint density at radius 3 is 2.06 bits per heavy atom. The monoisotopic (exact) mass is 455 g/mol. The molecule has 3 rings (SSSR count). The molecule has 1 aliphatic heterocycles. The normalized spacial score (nSPS) is 12.8. The van der Waals surface area contributed by atoms with Gasteiger partial charge in [-0.3, -0.25) is 9.52 Å². The van der Waals surface area contributed by atoms with E-state index in [-0.39, 0.29) is 10.5 Å². The van der Waals surface area contributed by atoms with Crippen molar-refractivity contribution in [2.75, 3.05) is 4.72 Å². The maximum Gasteiger partial charge on any atom is 0.297 e. The summed E-state index contributed by atoms with van der Waals surface area (Å²) in [6, 6.07) is 11.7. The molecule has 172 valence electrons. The number of benzene rings is 2. The van der Waals surface area contributed by atoms with Gasteiger partial charge in [-0.2, -0.15) is 0 Å². The van der Waals surface area contributed by atoms with Crippen molar-refractivity contribution in [1.82, 2.24) is 0 Å². The average molecular weight is 456 g/mol. The standard InChI is InChI=1S/C25H33N3O3S/c1-2-3-4-5-6-7-8-9-10-11-12-20-13-15-21(16-14-20)28-32(30,31)22-17-18-24-23(19-22)25(29)27-26-24/h13-19,28H,2-12H2,1H3. The first-order valence-electron chi connectivity index (χ1n) is 11.7. The number of hydrogen-bond acceptors (Lipinski definition) is 4. The summed E-state index contributed by atoms with van der Waals surface area (Å²) in [6.07, 6.45) is 14.1. The van der Waals surface area contributed by atoms with Gasteiger partial charge in [0.1, 0.15) is 0 Å². The lowest BCUT2D eigenvalue weighted by Crippen LogP contribution is -2.13. The van der Waals surface area contributed by atoms with Crippen LogP contribution in [0.4, 0.5) is 11.4 Å². The summed E-state index contributed by atoms with van der Waals surface area (Å²) < 4.78 is 27.9. The van der Waals surface area contributed by atoms with Crippen molar-refractivity contribution < 1.29 is 13.2 Å². The number of nitrogens with one attached hydrogen (secondary N) is 1. The van der Waals surface area contributed by atoms with Crippen LogP contribution in [0, 0.1) is 0 Å². The summed E-state index contributed by atoms with van der Waals surface area (Å²) >= 11 is 0. The van der Waals surface area contributed by atoms with Gasteiger partial charge >= 0.3 is 0 Å². The zero-order valence-electron chi connectivity index (χ0n) is 18.8. The van der Waals surface area contributed by atoms with Crippen LogP contribution in [0.5, 0.6) is 0 Å². The zero-order valence-corrected chi connectivity index (χ0v) is 19.7. The van der Waals surface area contributed by atoms with Crippen LogP contribution in [-0.2, 0) is 16.4 Å². The van der Waals surface area contributed by atoms with Crippen LogP contribution in [0.3, 0.4) is 0 Å². The van der Waals surface area contributed by atoms with Gasteiger partial charge in [0, 0.05) is 5.69 Å². The van der Waals surface area contributed by atoms with Crippen LogP contribution in [-0.4, -0.2) is 14.3 Å². The maximum atomic E-state index is 12.7. The van der Waals surface area contributed by atoms with Gasteiger partial charge in [-0.05, 0) is 48.7 Å². The van der Waals surface area contributed by atoms with E-state index >= 15 is 0 Å². The first-order valence-corrected chi connectivity index (χ1v) is 13.2. The number of nitrogens with zero attached hydrogens (tertiary/aromatic N) is 2. The fourth-order valence-electron chi connectivity index (χ4n) is 3.86. The molecule has 0 saturated heterocycles. The number of fused-ring (bicyclic) bond motifs is 1. The predicted molar refractivity (Wildman–Crippen MR) is 128 cm³/mol. The van der Waals surface area contributed by atoms with Gasteiger partial charge in [-0.15, -0.1) is 10.2 Å². The number of azo groups is 1. The highest BCUT2D eigenvalue weighted by molar-refractivity contribution is 7.92. The Bertz CT molecular complexity index is 1030. The molecule has 1 aliphatic rings. The van der Waals surface area contributed by atoms with E-state index in [1.54, 1.807) is 12.1 Å². The summed E-state index contributed by atoms with van der Waals surface area (Å²) in [4.78, 5) is 11.7. The van der Waals surface area contributed by atoms with Crippen molar-refractivity contribution in [3.63, 3.8) is 0 Å². The lowest BCUT2D eigenvalue weighted by Gasteiger charge is -2.10. The fourth-order valence-corrected chi connectivity index (χ4v) is 4.95. The molecule has 7 heteroatoms. The van der Waals surface area contributed by atoms with Crippen LogP contribution in [0.2, 0.25) is 0 Å². The number of carbonyl (C=O) groups is 1. The number of unbranched alkanes of at least 4 members (excludes halogenated alkanes) is 9. The molecular formula is C25H33N3O3S. The van der Waals surface area contributed by atoms with E-state index in [0.717, 1.165) is 12.8 Å². The first-order chi connectivity index (χ1) is 15.5. The number of aryl methyl sites for hydroxylation is 1. The Hall–Kier alpha value is -2.54. The smallest absolute Gasteiger partial charge is 0.280 e. The molecule has 32 heavy (non-hydrogen) atoms. The molecule has 0 fully saturated rings. The third-order valence-electron chi connectivity index (χ3n) is 5.78. The molecule has 2 aromatic carbocycles. The quantitative estimate of drug-likeness (QED) is 0.306. The van der Waals surface area contributed by atoms with E-state index < -0.39 is 15.9 Å². The second-order valence-electron chi connectivity index (χ2n) is 8.42. The molecule has 1 N–H and O–H groups in total.